The van der Waals surface area contributed by atoms with Gasteiger partial charge in [-0.15, -0.1) is 0 Å². The second kappa shape index (κ2) is 7.49. The fraction of sp³-hybridized carbons (Fsp3) is 0.150. The number of hydrogen-bond acceptors (Lipinski definition) is 4. The number of ketones is 1. The molecular formula is C20H17F2N3O2. The predicted molar refractivity (Wildman–Crippen MR) is 99.3 cm³/mol. The highest BCUT2D eigenvalue weighted by Crippen LogP contribution is 2.28. The Morgan fingerprint density at radius 2 is 1.81 bits per heavy atom. The molecule has 0 bridgehead atoms. The zero-order valence-corrected chi connectivity index (χ0v) is 14.8. The zero-order valence-electron chi connectivity index (χ0n) is 14.8. The van der Waals surface area contributed by atoms with Crippen molar-refractivity contribution in [3.05, 3.63) is 76.1 Å². The van der Waals surface area contributed by atoms with Gasteiger partial charge < -0.3 is 5.32 Å². The largest absolute Gasteiger partial charge is 0.350 e. The van der Waals surface area contributed by atoms with E-state index in [1.807, 2.05) is 6.07 Å². The highest BCUT2D eigenvalue weighted by atomic mass is 19.2. The summed E-state index contributed by atoms with van der Waals surface area (Å²) in [6, 6.07) is 12.1. The van der Waals surface area contributed by atoms with Crippen LogP contribution >= 0.6 is 0 Å². The zero-order chi connectivity index (χ0) is 19.6. The van der Waals surface area contributed by atoms with Crippen LogP contribution in [-0.4, -0.2) is 15.6 Å². The highest BCUT2D eigenvalue weighted by molar-refractivity contribution is 6.05. The van der Waals surface area contributed by atoms with E-state index in [0.717, 1.165) is 12.1 Å². The van der Waals surface area contributed by atoms with Crippen LogP contribution in [0.1, 0.15) is 24.2 Å². The minimum atomic E-state index is -1.06. The van der Waals surface area contributed by atoms with Gasteiger partial charge in [-0.3, -0.25) is 9.59 Å². The summed E-state index contributed by atoms with van der Waals surface area (Å²) in [5.74, 6) is -2.43. The van der Waals surface area contributed by atoms with Crippen molar-refractivity contribution >= 4 is 17.2 Å². The molecule has 5 nitrogen and oxygen atoms in total. The molecule has 0 saturated carbocycles. The van der Waals surface area contributed by atoms with Gasteiger partial charge in [-0.25, -0.2) is 13.5 Å². The van der Waals surface area contributed by atoms with Gasteiger partial charge in [0.05, 0.1) is 5.56 Å². The van der Waals surface area contributed by atoms with Crippen LogP contribution in [0.2, 0.25) is 0 Å². The smallest absolute Gasteiger partial charge is 0.291 e. The third-order valence-electron chi connectivity index (χ3n) is 4.04. The van der Waals surface area contributed by atoms with E-state index in [4.69, 9.17) is 0 Å². The van der Waals surface area contributed by atoms with E-state index in [9.17, 15) is 18.4 Å². The molecule has 1 heterocycles. The minimum absolute atomic E-state index is 0.0239. The van der Waals surface area contributed by atoms with E-state index in [-0.39, 0.29) is 29.3 Å². The van der Waals surface area contributed by atoms with Crippen molar-refractivity contribution in [1.82, 2.24) is 9.78 Å². The van der Waals surface area contributed by atoms with Gasteiger partial charge in [-0.05, 0) is 26.0 Å². The van der Waals surface area contributed by atoms with Gasteiger partial charge in [-0.1, -0.05) is 30.3 Å². The predicted octanol–water partition coefficient (Wildman–Crippen LogP) is 4.15. The Hall–Kier alpha value is -3.35. The van der Waals surface area contributed by atoms with Crippen molar-refractivity contribution in [3.8, 4) is 11.3 Å². The van der Waals surface area contributed by atoms with Crippen molar-refractivity contribution in [3.63, 3.8) is 0 Å². The van der Waals surface area contributed by atoms with Gasteiger partial charge >= 0.3 is 0 Å². The molecule has 138 valence electrons. The Bertz CT molecular complexity index is 1060. The number of rotatable bonds is 5. The van der Waals surface area contributed by atoms with E-state index in [0.29, 0.717) is 11.3 Å². The molecule has 1 aromatic heterocycles. The van der Waals surface area contributed by atoms with Crippen LogP contribution in [0, 0.1) is 11.6 Å². The Morgan fingerprint density at radius 3 is 2.41 bits per heavy atom. The van der Waals surface area contributed by atoms with E-state index >= 15 is 0 Å². The summed E-state index contributed by atoms with van der Waals surface area (Å²) in [6.07, 6.45) is 0. The number of nitrogens with zero attached hydrogens (tertiary/aromatic N) is 2. The van der Waals surface area contributed by atoms with Crippen LogP contribution in [0.4, 0.5) is 20.2 Å². The maximum absolute atomic E-state index is 13.6. The number of carbonyl (C=O) groups is 1. The molecule has 27 heavy (non-hydrogen) atoms. The van der Waals surface area contributed by atoms with Gasteiger partial charge in [0, 0.05) is 23.9 Å². The summed E-state index contributed by atoms with van der Waals surface area (Å²) in [4.78, 5) is 25.1. The van der Waals surface area contributed by atoms with E-state index in [1.165, 1.54) is 17.7 Å². The second-order valence-electron chi connectivity index (χ2n) is 5.90. The number of carbonyl (C=O) groups excluding carboxylic acids is 1. The lowest BCUT2D eigenvalue weighted by atomic mass is 10.0. The van der Waals surface area contributed by atoms with Crippen molar-refractivity contribution in [2.75, 3.05) is 5.32 Å². The van der Waals surface area contributed by atoms with Gasteiger partial charge in [0.2, 0.25) is 0 Å². The number of aromatic nitrogens is 2. The molecule has 0 saturated heterocycles. The molecule has 0 atom stereocenters. The number of Topliss-reactive ketones (excluding diaryl/α,β-unsaturated/α-hetero) is 1. The van der Waals surface area contributed by atoms with Crippen molar-refractivity contribution in [2.45, 2.75) is 20.4 Å². The Morgan fingerprint density at radius 1 is 1.11 bits per heavy atom. The first-order chi connectivity index (χ1) is 12.9. The van der Waals surface area contributed by atoms with Crippen molar-refractivity contribution in [1.29, 1.82) is 0 Å². The summed E-state index contributed by atoms with van der Waals surface area (Å²) in [5.41, 5.74) is 0.714. The van der Waals surface area contributed by atoms with Crippen LogP contribution in [0.15, 0.2) is 53.3 Å². The van der Waals surface area contributed by atoms with Gasteiger partial charge in [0.25, 0.3) is 5.56 Å². The third-order valence-corrected chi connectivity index (χ3v) is 4.04. The fourth-order valence-electron chi connectivity index (χ4n) is 2.76. The molecule has 0 radical (unpaired) electrons. The molecule has 0 amide bonds. The molecule has 3 aromatic rings. The molecule has 0 aliphatic rings. The van der Waals surface area contributed by atoms with Crippen LogP contribution in [0.25, 0.3) is 11.3 Å². The summed E-state index contributed by atoms with van der Waals surface area (Å²) in [5, 5.41) is 7.10. The van der Waals surface area contributed by atoms with E-state index in [1.54, 1.807) is 31.2 Å². The Labute approximate surface area is 154 Å². The number of halogens is 2. The number of hydrogen-bond donors (Lipinski definition) is 1. The quantitative estimate of drug-likeness (QED) is 0.686. The van der Waals surface area contributed by atoms with Crippen LogP contribution in [0.5, 0.6) is 0 Å². The van der Waals surface area contributed by atoms with Crippen LogP contribution < -0.4 is 10.9 Å². The first-order valence-electron chi connectivity index (χ1n) is 8.36. The van der Waals surface area contributed by atoms with Crippen molar-refractivity contribution < 1.29 is 13.6 Å². The Balaban J connectivity index is 2.26. The maximum Gasteiger partial charge on any atom is 0.291 e. The number of anilines is 2. The summed E-state index contributed by atoms with van der Waals surface area (Å²) in [6.45, 7) is 3.36. The number of benzene rings is 2. The van der Waals surface area contributed by atoms with Crippen molar-refractivity contribution in [2.24, 2.45) is 0 Å². The molecule has 1 N–H and O–H groups in total. The second-order valence-corrected chi connectivity index (χ2v) is 5.90. The molecule has 0 spiro atoms. The van der Waals surface area contributed by atoms with E-state index in [2.05, 4.69) is 10.4 Å². The highest BCUT2D eigenvalue weighted by Gasteiger charge is 2.22. The molecular weight excluding hydrogens is 352 g/mol. The lowest BCUT2D eigenvalue weighted by molar-refractivity contribution is 0.101. The standard InChI is InChI=1S/C20H17F2N3O2/c1-3-25-20(27)19(23-14-9-10-15(21)16(22)11-14)17(12(2)26)18(24-25)13-7-5-4-6-8-13/h4-11,23H,3H2,1-2H3. The minimum Gasteiger partial charge on any atom is -0.350 e. The normalized spacial score (nSPS) is 10.7. The fourth-order valence-corrected chi connectivity index (χ4v) is 2.76. The molecule has 2 aromatic carbocycles. The van der Waals surface area contributed by atoms with E-state index < -0.39 is 17.2 Å². The number of nitrogens with one attached hydrogen (secondary N) is 1. The monoisotopic (exact) mass is 369 g/mol. The van der Waals surface area contributed by atoms with Gasteiger partial charge in [0.15, 0.2) is 17.4 Å². The maximum atomic E-state index is 13.6. The molecule has 7 heteroatoms. The average Bonchev–Trinajstić information content (AvgIpc) is 2.66. The van der Waals surface area contributed by atoms with Crippen LogP contribution in [0.3, 0.4) is 0 Å². The van der Waals surface area contributed by atoms with Gasteiger partial charge in [0.1, 0.15) is 11.4 Å². The lowest BCUT2D eigenvalue weighted by Gasteiger charge is -2.16. The molecule has 0 fully saturated rings. The number of aryl methyl sites for hydroxylation is 1. The van der Waals surface area contributed by atoms with Crippen LogP contribution in [-0.2, 0) is 6.54 Å². The molecule has 0 unspecified atom stereocenters. The average molecular weight is 369 g/mol. The van der Waals surface area contributed by atoms with Gasteiger partial charge in [-0.2, -0.15) is 5.10 Å². The SMILES string of the molecule is CCn1nc(-c2ccccc2)c(C(C)=O)c(Nc2ccc(F)c(F)c2)c1=O. The Kier molecular flexibility index (Phi) is 5.12. The first kappa shape index (κ1) is 18.4. The first-order valence-corrected chi connectivity index (χ1v) is 8.36. The molecule has 0 aliphatic heterocycles. The summed E-state index contributed by atoms with van der Waals surface area (Å²) >= 11 is 0. The summed E-state index contributed by atoms with van der Waals surface area (Å²) < 4.78 is 28.0. The lowest BCUT2D eigenvalue weighted by Crippen LogP contribution is -2.28. The topological polar surface area (TPSA) is 64.0 Å². The molecule has 0 aliphatic carbocycles. The molecule has 3 rings (SSSR count). The third kappa shape index (κ3) is 3.62. The summed E-state index contributed by atoms with van der Waals surface area (Å²) in [7, 11) is 0.